The number of aliphatic hydroxyl groups is 8. The highest BCUT2D eigenvalue weighted by Gasteiger charge is 2.46. The van der Waals surface area contributed by atoms with E-state index in [1.807, 2.05) is 0 Å². The largest absolute Gasteiger partial charge is 0.507 e. The molecule has 2 fully saturated rings. The molecule has 2 aliphatic heterocycles. The lowest BCUT2D eigenvalue weighted by Gasteiger charge is -2.39. The number of fused-ring (bicyclic) bond motifs is 1. The number of hydrogen-bond acceptors (Lipinski definition) is 17. The molecule has 3 heterocycles. The molecule has 0 radical (unpaired) electrons. The van der Waals surface area contributed by atoms with Crippen LogP contribution in [0.5, 0.6) is 28.7 Å². The fourth-order valence-corrected chi connectivity index (χ4v) is 5.15. The molecule has 46 heavy (non-hydrogen) atoms. The summed E-state index contributed by atoms with van der Waals surface area (Å²) >= 11 is 0. The highest BCUT2D eigenvalue weighted by Crippen LogP contribution is 2.41. The molecule has 252 valence electrons. The quantitative estimate of drug-likeness (QED) is 0.116. The minimum Gasteiger partial charge on any atom is -0.507 e. The second-order valence-corrected chi connectivity index (χ2v) is 10.6. The Morgan fingerprint density at radius 2 is 1.30 bits per heavy atom. The van der Waals surface area contributed by atoms with Crippen LogP contribution in [0.15, 0.2) is 39.5 Å². The summed E-state index contributed by atoms with van der Waals surface area (Å²) in [6.45, 7) is -1.45. The van der Waals surface area contributed by atoms with Crippen molar-refractivity contribution in [2.75, 3.05) is 27.4 Å². The fourth-order valence-electron chi connectivity index (χ4n) is 5.15. The summed E-state index contributed by atoms with van der Waals surface area (Å²) in [6.07, 6.45) is -16.4. The van der Waals surface area contributed by atoms with E-state index in [1.165, 1.54) is 38.5 Å². The third-order valence-corrected chi connectivity index (χ3v) is 7.74. The zero-order chi connectivity index (χ0) is 33.4. The molecule has 0 aliphatic carbocycles. The number of benzene rings is 2. The number of phenolic OH excluding ortho intramolecular Hbond substituents is 1. The van der Waals surface area contributed by atoms with Crippen LogP contribution in [0.3, 0.4) is 0 Å². The lowest BCUT2D eigenvalue weighted by atomic mass is 9.99. The normalized spacial score (nSPS) is 31.4. The van der Waals surface area contributed by atoms with E-state index in [1.54, 1.807) is 0 Å². The Hall–Kier alpha value is -3.75. The highest BCUT2D eigenvalue weighted by atomic mass is 16.7. The molecule has 10 unspecified atom stereocenters. The van der Waals surface area contributed by atoms with Crippen molar-refractivity contribution in [1.82, 2.24) is 0 Å². The minimum absolute atomic E-state index is 0.0236. The van der Waals surface area contributed by atoms with Gasteiger partial charge in [0, 0.05) is 17.7 Å². The Morgan fingerprint density at radius 1 is 0.717 bits per heavy atom. The molecule has 5 rings (SSSR count). The van der Waals surface area contributed by atoms with E-state index in [0.717, 1.165) is 6.07 Å². The Balaban J connectivity index is 1.59. The molecule has 0 amide bonds. The molecule has 0 saturated carbocycles. The van der Waals surface area contributed by atoms with Crippen molar-refractivity contribution in [2.24, 2.45) is 0 Å². The van der Waals surface area contributed by atoms with E-state index >= 15 is 0 Å². The molecule has 10 atom stereocenters. The first-order valence-corrected chi connectivity index (χ1v) is 13.9. The Labute approximate surface area is 259 Å². The maximum absolute atomic E-state index is 13.8. The maximum atomic E-state index is 13.8. The Bertz CT molecular complexity index is 1590. The molecule has 3 aromatic rings. The van der Waals surface area contributed by atoms with Crippen LogP contribution in [-0.4, -0.2) is 135 Å². The predicted octanol–water partition coefficient (Wildman–Crippen LogP) is -2.46. The van der Waals surface area contributed by atoms with Crippen molar-refractivity contribution >= 4 is 11.0 Å². The first-order valence-electron chi connectivity index (χ1n) is 13.9. The molecule has 1 aromatic heterocycles. The molecule has 17 nitrogen and oxygen atoms in total. The van der Waals surface area contributed by atoms with Gasteiger partial charge in [0.25, 0.3) is 0 Å². The van der Waals surface area contributed by atoms with Crippen molar-refractivity contribution in [2.45, 2.75) is 61.4 Å². The maximum Gasteiger partial charge on any atom is 0.239 e. The van der Waals surface area contributed by atoms with E-state index in [-0.39, 0.29) is 39.5 Å². The average molecular weight is 655 g/mol. The second-order valence-electron chi connectivity index (χ2n) is 10.6. The Morgan fingerprint density at radius 3 is 1.85 bits per heavy atom. The van der Waals surface area contributed by atoms with Crippen molar-refractivity contribution < 1.29 is 78.8 Å². The molecule has 0 bridgehead atoms. The Kier molecular flexibility index (Phi) is 9.89. The number of hydrogen-bond donors (Lipinski definition) is 9. The van der Waals surface area contributed by atoms with Crippen LogP contribution >= 0.6 is 0 Å². The van der Waals surface area contributed by atoms with Crippen LogP contribution in [0, 0.1) is 0 Å². The van der Waals surface area contributed by atoms with Crippen LogP contribution < -0.4 is 24.4 Å². The predicted molar refractivity (Wildman–Crippen MR) is 151 cm³/mol. The summed E-state index contributed by atoms with van der Waals surface area (Å²) in [5.41, 5.74) is -0.980. The summed E-state index contributed by atoms with van der Waals surface area (Å²) in [5.74, 6) is -1.36. The van der Waals surface area contributed by atoms with Gasteiger partial charge in [0.15, 0.2) is 17.3 Å². The number of phenols is 1. The monoisotopic (exact) mass is 654 g/mol. The van der Waals surface area contributed by atoms with Gasteiger partial charge in [0.2, 0.25) is 23.8 Å². The van der Waals surface area contributed by atoms with E-state index in [2.05, 4.69) is 0 Å². The highest BCUT2D eigenvalue weighted by molar-refractivity contribution is 5.88. The summed E-state index contributed by atoms with van der Waals surface area (Å²) in [6, 6.07) is 6.49. The number of aliphatic hydroxyl groups excluding tert-OH is 8. The standard InChI is InChI=1S/C29H34O17/c1-40-11-6-12(32)18-15(7-11)42-26(27(21(18)35)46-29-25(39)23(37)20(34)17(9-31)45-29)10-3-4-13(14(5-10)41-2)43-28-24(38)22(36)19(33)16(8-30)44-28/h3-7,16-17,19-20,22-25,28-34,36-39H,8-9H2,1-2H3. The average Bonchev–Trinajstić information content (AvgIpc) is 3.05. The summed E-state index contributed by atoms with van der Waals surface area (Å²) < 4.78 is 38.8. The molecule has 9 N–H and O–H groups in total. The van der Waals surface area contributed by atoms with Gasteiger partial charge in [-0.1, -0.05) is 0 Å². The van der Waals surface area contributed by atoms with Gasteiger partial charge in [-0.25, -0.2) is 0 Å². The molecule has 0 spiro atoms. The number of methoxy groups -OCH3 is 2. The topological polar surface area (TPSA) is 268 Å². The summed E-state index contributed by atoms with van der Waals surface area (Å²) in [4.78, 5) is 13.8. The van der Waals surface area contributed by atoms with E-state index < -0.39 is 91.6 Å². The van der Waals surface area contributed by atoms with Crippen LogP contribution in [0.4, 0.5) is 0 Å². The van der Waals surface area contributed by atoms with Gasteiger partial charge in [-0.3, -0.25) is 4.79 Å². The van der Waals surface area contributed by atoms with Crippen molar-refractivity contribution in [3.8, 4) is 40.1 Å². The zero-order valence-corrected chi connectivity index (χ0v) is 24.4. The molecule has 17 heteroatoms. The number of aromatic hydroxyl groups is 1. The van der Waals surface area contributed by atoms with E-state index in [9.17, 15) is 50.8 Å². The van der Waals surface area contributed by atoms with E-state index in [4.69, 9.17) is 32.8 Å². The van der Waals surface area contributed by atoms with Crippen molar-refractivity contribution in [3.63, 3.8) is 0 Å². The van der Waals surface area contributed by atoms with Crippen LogP contribution in [0.2, 0.25) is 0 Å². The van der Waals surface area contributed by atoms with Crippen LogP contribution in [0.1, 0.15) is 0 Å². The van der Waals surface area contributed by atoms with Crippen LogP contribution in [-0.2, 0) is 9.47 Å². The van der Waals surface area contributed by atoms with Gasteiger partial charge in [0.1, 0.15) is 71.3 Å². The van der Waals surface area contributed by atoms with Gasteiger partial charge < -0.3 is 78.8 Å². The third-order valence-electron chi connectivity index (χ3n) is 7.74. The summed E-state index contributed by atoms with van der Waals surface area (Å²) in [7, 11) is 2.60. The number of ether oxygens (including phenoxy) is 6. The van der Waals surface area contributed by atoms with Gasteiger partial charge in [-0.05, 0) is 18.2 Å². The molecule has 2 aliphatic rings. The van der Waals surface area contributed by atoms with E-state index in [0.29, 0.717) is 0 Å². The number of rotatable bonds is 9. The van der Waals surface area contributed by atoms with Crippen molar-refractivity contribution in [1.29, 1.82) is 0 Å². The third kappa shape index (κ3) is 6.05. The molecule has 2 saturated heterocycles. The second kappa shape index (κ2) is 13.5. The van der Waals surface area contributed by atoms with Crippen LogP contribution in [0.25, 0.3) is 22.3 Å². The molecule has 2 aromatic carbocycles. The minimum atomic E-state index is -1.89. The lowest BCUT2D eigenvalue weighted by molar-refractivity contribution is -0.277. The molecular formula is C29H34O17. The first-order chi connectivity index (χ1) is 21.9. The van der Waals surface area contributed by atoms with Gasteiger partial charge in [0.05, 0.1) is 27.4 Å². The van der Waals surface area contributed by atoms with Gasteiger partial charge >= 0.3 is 0 Å². The zero-order valence-electron chi connectivity index (χ0n) is 24.4. The molecular weight excluding hydrogens is 620 g/mol. The van der Waals surface area contributed by atoms with Gasteiger partial charge in [-0.2, -0.15) is 0 Å². The first kappa shape index (κ1) is 33.6. The lowest BCUT2D eigenvalue weighted by Crippen LogP contribution is -2.60. The smallest absolute Gasteiger partial charge is 0.239 e. The van der Waals surface area contributed by atoms with Crippen molar-refractivity contribution in [3.05, 3.63) is 40.6 Å². The fraction of sp³-hybridized carbons (Fsp3) is 0.483. The van der Waals surface area contributed by atoms with Gasteiger partial charge in [-0.15, -0.1) is 0 Å². The SMILES string of the molecule is COc1cc(O)c2c(=O)c(OC3OC(CO)C(O)C(O)C3O)c(-c3ccc(OC4OC(CO)C(O)C(O)C4O)c(OC)c3)oc2c1. The summed E-state index contributed by atoms with van der Waals surface area (Å²) in [5, 5.41) is 91.0.